The van der Waals surface area contributed by atoms with Crippen molar-refractivity contribution >= 4 is 11.6 Å². The lowest BCUT2D eigenvalue weighted by molar-refractivity contribution is 0.147. The Balaban J connectivity index is 2.16. The smallest absolute Gasteiger partial charge is 0.122 e. The highest BCUT2D eigenvalue weighted by Gasteiger charge is 2.25. The normalized spacial score (nSPS) is 24.7. The number of nitrogens with one attached hydrogen (secondary N) is 1. The highest BCUT2D eigenvalue weighted by molar-refractivity contribution is 6.30. The lowest BCUT2D eigenvalue weighted by Crippen LogP contribution is -2.20. The van der Waals surface area contributed by atoms with E-state index in [-0.39, 0.29) is 12.0 Å². The van der Waals surface area contributed by atoms with Crippen molar-refractivity contribution in [3.63, 3.8) is 0 Å². The van der Waals surface area contributed by atoms with Gasteiger partial charge < -0.3 is 15.2 Å². The van der Waals surface area contributed by atoms with E-state index in [4.69, 9.17) is 16.3 Å². The topological polar surface area (TPSA) is 41.5 Å². The predicted molar refractivity (Wildman–Crippen MR) is 64.1 cm³/mol. The number of β-amino-alcohol motifs (C(OH)–C–C–N with tert-alkyl or cyclic N) is 1. The summed E-state index contributed by atoms with van der Waals surface area (Å²) < 4.78 is 5.29. The van der Waals surface area contributed by atoms with Gasteiger partial charge in [-0.3, -0.25) is 0 Å². The van der Waals surface area contributed by atoms with E-state index < -0.39 is 0 Å². The van der Waals surface area contributed by atoms with Crippen molar-refractivity contribution in [3.8, 4) is 5.75 Å². The summed E-state index contributed by atoms with van der Waals surface area (Å²) in [6, 6.07) is 5.59. The Hall–Kier alpha value is -0.770. The van der Waals surface area contributed by atoms with Gasteiger partial charge in [-0.25, -0.2) is 0 Å². The Morgan fingerprint density at radius 2 is 2.31 bits per heavy atom. The van der Waals surface area contributed by atoms with Gasteiger partial charge in [-0.05, 0) is 30.2 Å². The Bertz CT molecular complexity index is 370. The van der Waals surface area contributed by atoms with Gasteiger partial charge in [-0.1, -0.05) is 11.6 Å². The molecule has 1 aromatic carbocycles. The minimum atomic E-state index is -0.274. The molecular weight excluding hydrogens is 226 g/mol. The van der Waals surface area contributed by atoms with Gasteiger partial charge in [0.25, 0.3) is 0 Å². The second-order valence-electron chi connectivity index (χ2n) is 4.15. The van der Waals surface area contributed by atoms with Crippen LogP contribution in [0.1, 0.15) is 5.56 Å². The van der Waals surface area contributed by atoms with E-state index in [1.807, 2.05) is 18.2 Å². The number of ether oxygens (including phenoxy) is 1. The number of aliphatic hydroxyl groups excluding tert-OH is 1. The first-order chi connectivity index (χ1) is 7.70. The average Bonchev–Trinajstić information content (AvgIpc) is 2.65. The summed E-state index contributed by atoms with van der Waals surface area (Å²) in [5.74, 6) is 1.08. The van der Waals surface area contributed by atoms with Crippen LogP contribution >= 0.6 is 11.6 Å². The molecule has 4 heteroatoms. The van der Waals surface area contributed by atoms with Crippen molar-refractivity contribution in [1.29, 1.82) is 0 Å². The van der Waals surface area contributed by atoms with E-state index in [9.17, 15) is 5.11 Å². The minimum Gasteiger partial charge on any atom is -0.496 e. The number of rotatable bonds is 3. The first-order valence-corrected chi connectivity index (χ1v) is 5.79. The number of hydrogen-bond donors (Lipinski definition) is 2. The molecule has 0 aromatic heterocycles. The summed E-state index contributed by atoms with van der Waals surface area (Å²) >= 11 is 5.96. The lowest BCUT2D eigenvalue weighted by Gasteiger charge is -2.15. The fraction of sp³-hybridized carbons (Fsp3) is 0.500. The molecule has 2 rings (SSSR count). The fourth-order valence-corrected chi connectivity index (χ4v) is 2.31. The van der Waals surface area contributed by atoms with Crippen molar-refractivity contribution < 1.29 is 9.84 Å². The van der Waals surface area contributed by atoms with Crippen LogP contribution in [0.3, 0.4) is 0 Å². The van der Waals surface area contributed by atoms with Crippen LogP contribution in [0.25, 0.3) is 0 Å². The highest BCUT2D eigenvalue weighted by Crippen LogP contribution is 2.26. The SMILES string of the molecule is COc1ccc(Cl)cc1CC1CNCC1O. The zero-order valence-electron chi connectivity index (χ0n) is 9.24. The van der Waals surface area contributed by atoms with E-state index in [1.165, 1.54) is 0 Å². The molecule has 0 spiro atoms. The summed E-state index contributed by atoms with van der Waals surface area (Å²) in [7, 11) is 1.65. The van der Waals surface area contributed by atoms with Crippen molar-refractivity contribution in [3.05, 3.63) is 28.8 Å². The van der Waals surface area contributed by atoms with Crippen LogP contribution in [0.2, 0.25) is 5.02 Å². The van der Waals surface area contributed by atoms with Crippen LogP contribution in [0.4, 0.5) is 0 Å². The molecule has 1 heterocycles. The molecule has 1 aromatic rings. The van der Waals surface area contributed by atoms with Crippen LogP contribution in [0.15, 0.2) is 18.2 Å². The molecule has 88 valence electrons. The van der Waals surface area contributed by atoms with E-state index in [0.717, 1.165) is 24.3 Å². The third-order valence-electron chi connectivity index (χ3n) is 3.03. The summed E-state index contributed by atoms with van der Waals surface area (Å²) in [5.41, 5.74) is 1.06. The molecule has 0 bridgehead atoms. The zero-order chi connectivity index (χ0) is 11.5. The molecule has 1 aliphatic rings. The van der Waals surface area contributed by atoms with E-state index in [2.05, 4.69) is 5.32 Å². The van der Waals surface area contributed by atoms with Gasteiger partial charge in [0, 0.05) is 24.0 Å². The van der Waals surface area contributed by atoms with Gasteiger partial charge in [0.2, 0.25) is 0 Å². The Morgan fingerprint density at radius 3 is 2.94 bits per heavy atom. The fourth-order valence-electron chi connectivity index (χ4n) is 2.12. The molecule has 2 atom stereocenters. The minimum absolute atomic E-state index is 0.243. The van der Waals surface area contributed by atoms with Crippen molar-refractivity contribution in [2.75, 3.05) is 20.2 Å². The first kappa shape index (κ1) is 11.7. The molecule has 2 N–H and O–H groups in total. The molecule has 1 fully saturated rings. The first-order valence-electron chi connectivity index (χ1n) is 5.42. The monoisotopic (exact) mass is 241 g/mol. The second kappa shape index (κ2) is 5.04. The predicted octanol–water partition coefficient (Wildman–Crippen LogP) is 1.47. The van der Waals surface area contributed by atoms with Gasteiger partial charge in [-0.15, -0.1) is 0 Å². The average molecular weight is 242 g/mol. The molecule has 16 heavy (non-hydrogen) atoms. The molecule has 0 saturated carbocycles. The van der Waals surface area contributed by atoms with Crippen LogP contribution in [0.5, 0.6) is 5.75 Å². The zero-order valence-corrected chi connectivity index (χ0v) is 10.00. The van der Waals surface area contributed by atoms with E-state index >= 15 is 0 Å². The number of aliphatic hydroxyl groups is 1. The molecule has 2 unspecified atom stereocenters. The largest absolute Gasteiger partial charge is 0.496 e. The molecular formula is C12H16ClNO2. The number of hydrogen-bond acceptors (Lipinski definition) is 3. The Labute approximate surface area is 100 Å². The van der Waals surface area contributed by atoms with Crippen LogP contribution in [-0.2, 0) is 6.42 Å². The van der Waals surface area contributed by atoms with Gasteiger partial charge in [-0.2, -0.15) is 0 Å². The van der Waals surface area contributed by atoms with Gasteiger partial charge in [0.05, 0.1) is 13.2 Å². The maximum atomic E-state index is 9.75. The van der Waals surface area contributed by atoms with Crippen molar-refractivity contribution in [2.45, 2.75) is 12.5 Å². The highest BCUT2D eigenvalue weighted by atomic mass is 35.5. The van der Waals surface area contributed by atoms with Gasteiger partial charge >= 0.3 is 0 Å². The van der Waals surface area contributed by atoms with Crippen molar-refractivity contribution in [1.82, 2.24) is 5.32 Å². The summed E-state index contributed by atoms with van der Waals surface area (Å²) in [5, 5.41) is 13.6. The maximum absolute atomic E-state index is 9.75. The standard InChI is InChI=1S/C12H16ClNO2/c1-16-12-3-2-10(13)5-8(12)4-9-6-14-7-11(9)15/h2-3,5,9,11,14-15H,4,6-7H2,1H3. The number of methoxy groups -OCH3 is 1. The molecule has 3 nitrogen and oxygen atoms in total. The number of halogens is 1. The molecule has 0 amide bonds. The second-order valence-corrected chi connectivity index (χ2v) is 4.58. The summed E-state index contributed by atoms with van der Waals surface area (Å²) in [4.78, 5) is 0. The molecule has 1 saturated heterocycles. The molecule has 0 aliphatic carbocycles. The molecule has 0 radical (unpaired) electrons. The molecule has 1 aliphatic heterocycles. The van der Waals surface area contributed by atoms with Gasteiger partial charge in [0.15, 0.2) is 0 Å². The third kappa shape index (κ3) is 2.48. The summed E-state index contributed by atoms with van der Waals surface area (Å²) in [6.07, 6.45) is 0.515. The summed E-state index contributed by atoms with van der Waals surface area (Å²) in [6.45, 7) is 1.52. The van der Waals surface area contributed by atoms with Gasteiger partial charge in [0.1, 0.15) is 5.75 Å². The van der Waals surface area contributed by atoms with Crippen molar-refractivity contribution in [2.24, 2.45) is 5.92 Å². The van der Waals surface area contributed by atoms with Crippen LogP contribution in [-0.4, -0.2) is 31.4 Å². The maximum Gasteiger partial charge on any atom is 0.122 e. The van der Waals surface area contributed by atoms with Crippen LogP contribution < -0.4 is 10.1 Å². The third-order valence-corrected chi connectivity index (χ3v) is 3.26. The van der Waals surface area contributed by atoms with Crippen LogP contribution in [0, 0.1) is 5.92 Å². The quantitative estimate of drug-likeness (QED) is 0.842. The number of benzene rings is 1. The Kier molecular flexibility index (Phi) is 3.69. The van der Waals surface area contributed by atoms with E-state index in [0.29, 0.717) is 11.6 Å². The Morgan fingerprint density at radius 1 is 1.50 bits per heavy atom. The van der Waals surface area contributed by atoms with E-state index in [1.54, 1.807) is 7.11 Å². The lowest BCUT2D eigenvalue weighted by atomic mass is 9.96.